The van der Waals surface area contributed by atoms with E-state index in [0.29, 0.717) is 31.9 Å². The van der Waals surface area contributed by atoms with Crippen molar-refractivity contribution in [2.24, 2.45) is 0 Å². The zero-order chi connectivity index (χ0) is 20.7. The molecule has 0 spiro atoms. The first-order valence-electron chi connectivity index (χ1n) is 9.23. The number of allylic oxidation sites excluding steroid dienone is 1. The van der Waals surface area contributed by atoms with Gasteiger partial charge in [-0.05, 0) is 42.5 Å². The van der Waals surface area contributed by atoms with E-state index in [-0.39, 0.29) is 0 Å². The van der Waals surface area contributed by atoms with Crippen LogP contribution in [0.5, 0.6) is 11.5 Å². The number of anilines is 1. The molecule has 0 amide bonds. The van der Waals surface area contributed by atoms with Gasteiger partial charge in [-0.3, -0.25) is 0 Å². The van der Waals surface area contributed by atoms with E-state index in [0.717, 1.165) is 17.0 Å². The lowest BCUT2D eigenvalue weighted by Crippen LogP contribution is -2.48. The van der Waals surface area contributed by atoms with Gasteiger partial charge in [0, 0.05) is 43.5 Å². The van der Waals surface area contributed by atoms with Crippen LogP contribution in [0.1, 0.15) is 5.56 Å². The molecule has 0 aromatic heterocycles. The highest BCUT2D eigenvalue weighted by molar-refractivity contribution is 7.92. The van der Waals surface area contributed by atoms with Crippen molar-refractivity contribution in [2.45, 2.75) is 0 Å². The molecule has 0 N–H and O–H groups in total. The van der Waals surface area contributed by atoms with Gasteiger partial charge < -0.3 is 14.4 Å². The molecule has 7 heteroatoms. The van der Waals surface area contributed by atoms with Gasteiger partial charge in [0.25, 0.3) is 0 Å². The van der Waals surface area contributed by atoms with Crippen LogP contribution in [0.2, 0.25) is 0 Å². The van der Waals surface area contributed by atoms with E-state index in [1.165, 1.54) is 15.8 Å². The largest absolute Gasteiger partial charge is 0.497 e. The third kappa shape index (κ3) is 5.53. The highest BCUT2D eigenvalue weighted by atomic mass is 32.2. The van der Waals surface area contributed by atoms with Crippen molar-refractivity contribution >= 4 is 15.7 Å². The minimum Gasteiger partial charge on any atom is -0.497 e. The Labute approximate surface area is 172 Å². The molecule has 1 heterocycles. The predicted molar refractivity (Wildman–Crippen MR) is 115 cm³/mol. The molecule has 3 rings (SSSR count). The first kappa shape index (κ1) is 20.8. The minimum absolute atomic E-state index is 0.433. The summed E-state index contributed by atoms with van der Waals surface area (Å²) in [5.41, 5.74) is 1.82. The maximum absolute atomic E-state index is 12.5. The summed E-state index contributed by atoms with van der Waals surface area (Å²) in [6.07, 6.45) is 1.38. The Morgan fingerprint density at radius 1 is 0.931 bits per heavy atom. The molecule has 2 aromatic rings. The molecule has 1 aliphatic heterocycles. The van der Waals surface area contributed by atoms with Crippen LogP contribution < -0.4 is 14.4 Å². The zero-order valence-electron chi connectivity index (χ0n) is 16.5. The summed E-state index contributed by atoms with van der Waals surface area (Å²) in [6, 6.07) is 15.1. The topological polar surface area (TPSA) is 59.1 Å². The molecule has 152 valence electrons. The molecule has 29 heavy (non-hydrogen) atoms. The average molecular weight is 413 g/mol. The van der Waals surface area contributed by atoms with Gasteiger partial charge in [0.15, 0.2) is 0 Å². The third-order valence-electron chi connectivity index (χ3n) is 4.65. The SMILES string of the molecule is COc1ccc(N2CCN(S(=O)(=O)/C=C\C#Cc3cccc(OC)c3)CC2)cc1. The smallest absolute Gasteiger partial charge is 0.236 e. The Morgan fingerprint density at radius 2 is 1.62 bits per heavy atom. The van der Waals surface area contributed by atoms with Crippen LogP contribution in [0.25, 0.3) is 0 Å². The van der Waals surface area contributed by atoms with E-state index in [2.05, 4.69) is 16.7 Å². The minimum atomic E-state index is -3.49. The van der Waals surface area contributed by atoms with Crippen molar-refractivity contribution in [3.8, 4) is 23.3 Å². The summed E-state index contributed by atoms with van der Waals surface area (Å²) < 4.78 is 36.9. The summed E-state index contributed by atoms with van der Waals surface area (Å²) >= 11 is 0. The van der Waals surface area contributed by atoms with Crippen LogP contribution in [-0.2, 0) is 10.0 Å². The fourth-order valence-corrected chi connectivity index (χ4v) is 4.11. The van der Waals surface area contributed by atoms with Gasteiger partial charge in [0.1, 0.15) is 11.5 Å². The van der Waals surface area contributed by atoms with Crippen molar-refractivity contribution < 1.29 is 17.9 Å². The second kappa shape index (κ2) is 9.50. The first-order chi connectivity index (χ1) is 14.0. The summed E-state index contributed by atoms with van der Waals surface area (Å²) in [7, 11) is -0.265. The number of hydrogen-bond acceptors (Lipinski definition) is 5. The number of piperazine rings is 1. The molecular formula is C22H24N2O4S. The normalized spacial score (nSPS) is 15.0. The average Bonchev–Trinajstić information content (AvgIpc) is 2.77. The standard InChI is InChI=1S/C22H24N2O4S/c1-27-21-11-9-20(10-12-21)23-13-15-24(16-14-23)29(25,26)17-4-3-6-19-7-5-8-22(18-19)28-2/h4-5,7-12,17-18H,13-16H2,1-2H3/b17-4-. The molecule has 0 unspecified atom stereocenters. The second-order valence-corrected chi connectivity index (χ2v) is 8.25. The van der Waals surface area contributed by atoms with Crippen molar-refractivity contribution in [2.75, 3.05) is 45.3 Å². The van der Waals surface area contributed by atoms with E-state index < -0.39 is 10.0 Å². The highest BCUT2D eigenvalue weighted by Crippen LogP contribution is 2.21. The Kier molecular flexibility index (Phi) is 6.81. The number of nitrogens with zero attached hydrogens (tertiary/aromatic N) is 2. The van der Waals surface area contributed by atoms with Gasteiger partial charge in [0.05, 0.1) is 19.6 Å². The zero-order valence-corrected chi connectivity index (χ0v) is 17.4. The van der Waals surface area contributed by atoms with Crippen LogP contribution in [-0.4, -0.2) is 53.1 Å². The lowest BCUT2D eigenvalue weighted by Gasteiger charge is -2.34. The summed E-state index contributed by atoms with van der Waals surface area (Å²) in [6.45, 7) is 2.13. The van der Waals surface area contributed by atoms with Gasteiger partial charge in [-0.15, -0.1) is 0 Å². The van der Waals surface area contributed by atoms with Gasteiger partial charge in [-0.2, -0.15) is 4.31 Å². The quantitative estimate of drug-likeness (QED) is 0.707. The number of sulfonamides is 1. The van der Waals surface area contributed by atoms with Gasteiger partial charge in [0.2, 0.25) is 10.0 Å². The van der Waals surface area contributed by atoms with Crippen molar-refractivity contribution in [3.63, 3.8) is 0 Å². The van der Waals surface area contributed by atoms with Crippen molar-refractivity contribution in [1.82, 2.24) is 4.31 Å². The number of ether oxygens (including phenoxy) is 2. The summed E-state index contributed by atoms with van der Waals surface area (Å²) in [5.74, 6) is 7.21. The van der Waals surface area contributed by atoms with Crippen molar-refractivity contribution in [3.05, 3.63) is 65.6 Å². The third-order valence-corrected chi connectivity index (χ3v) is 6.21. The van der Waals surface area contributed by atoms with E-state index in [9.17, 15) is 8.42 Å². The molecule has 0 atom stereocenters. The monoisotopic (exact) mass is 412 g/mol. The van der Waals surface area contributed by atoms with Crippen LogP contribution in [0.3, 0.4) is 0 Å². The fraction of sp³-hybridized carbons (Fsp3) is 0.273. The van der Waals surface area contributed by atoms with E-state index in [1.807, 2.05) is 42.5 Å². The van der Waals surface area contributed by atoms with Crippen LogP contribution in [0.4, 0.5) is 5.69 Å². The Hall–Kier alpha value is -2.95. The number of methoxy groups -OCH3 is 2. The summed E-state index contributed by atoms with van der Waals surface area (Å²) in [4.78, 5) is 2.16. The van der Waals surface area contributed by atoms with Gasteiger partial charge in [-0.25, -0.2) is 8.42 Å². The lowest BCUT2D eigenvalue weighted by molar-refractivity contribution is 0.389. The lowest BCUT2D eigenvalue weighted by atomic mass is 10.2. The maximum atomic E-state index is 12.5. The predicted octanol–water partition coefficient (Wildman–Crippen LogP) is 2.72. The number of benzene rings is 2. The van der Waals surface area contributed by atoms with Gasteiger partial charge >= 0.3 is 0 Å². The highest BCUT2D eigenvalue weighted by Gasteiger charge is 2.25. The molecule has 0 saturated carbocycles. The maximum Gasteiger partial charge on any atom is 0.236 e. The van der Waals surface area contributed by atoms with Crippen molar-refractivity contribution in [1.29, 1.82) is 0 Å². The van der Waals surface area contributed by atoms with Gasteiger partial charge in [-0.1, -0.05) is 17.9 Å². The Bertz CT molecular complexity index is 1010. The molecule has 0 aliphatic carbocycles. The van der Waals surface area contributed by atoms with Crippen LogP contribution in [0.15, 0.2) is 60.0 Å². The first-order valence-corrected chi connectivity index (χ1v) is 10.7. The molecule has 6 nitrogen and oxygen atoms in total. The van der Waals surface area contributed by atoms with E-state index >= 15 is 0 Å². The molecule has 2 aromatic carbocycles. The Morgan fingerprint density at radius 3 is 2.28 bits per heavy atom. The molecular weight excluding hydrogens is 388 g/mol. The molecule has 0 bridgehead atoms. The molecule has 1 aliphatic rings. The Balaban J connectivity index is 1.58. The number of hydrogen-bond donors (Lipinski definition) is 0. The molecule has 1 saturated heterocycles. The van der Waals surface area contributed by atoms with E-state index in [1.54, 1.807) is 20.3 Å². The van der Waals surface area contributed by atoms with Crippen LogP contribution >= 0.6 is 0 Å². The molecule has 0 radical (unpaired) electrons. The van der Waals surface area contributed by atoms with E-state index in [4.69, 9.17) is 9.47 Å². The van der Waals surface area contributed by atoms with Crippen LogP contribution in [0, 0.1) is 11.8 Å². The number of rotatable bonds is 5. The summed E-state index contributed by atoms with van der Waals surface area (Å²) in [5, 5.41) is 1.17. The molecule has 1 fully saturated rings. The second-order valence-electron chi connectivity index (χ2n) is 6.43. The fourth-order valence-electron chi connectivity index (χ4n) is 3.03.